The Labute approximate surface area is 111 Å². The fourth-order valence-corrected chi connectivity index (χ4v) is 2.25. The molecule has 0 saturated carbocycles. The molecular formula is C13H17ClN2O2. The molecule has 0 radical (unpaired) electrons. The fourth-order valence-electron chi connectivity index (χ4n) is 1.95. The topological polar surface area (TPSA) is 36.3 Å². The zero-order valence-electron chi connectivity index (χ0n) is 10.8. The summed E-state index contributed by atoms with van der Waals surface area (Å²) in [4.78, 5) is 4.54. The van der Waals surface area contributed by atoms with Crippen LogP contribution in [0.4, 0.5) is 0 Å². The molecule has 0 atom stereocenters. The number of nitrogens with zero attached hydrogens (tertiary/aromatic N) is 2. The Morgan fingerprint density at radius 2 is 1.94 bits per heavy atom. The highest BCUT2D eigenvalue weighted by Crippen LogP contribution is 2.27. The normalized spacial score (nSPS) is 11.6. The summed E-state index contributed by atoms with van der Waals surface area (Å²) in [5.41, 5.74) is 1.75. The van der Waals surface area contributed by atoms with Gasteiger partial charge >= 0.3 is 0 Å². The van der Waals surface area contributed by atoms with E-state index in [0.717, 1.165) is 16.9 Å². The minimum Gasteiger partial charge on any atom is -0.346 e. The summed E-state index contributed by atoms with van der Waals surface area (Å²) >= 11 is 6.19. The van der Waals surface area contributed by atoms with E-state index >= 15 is 0 Å². The number of ether oxygens (including phenoxy) is 2. The lowest BCUT2D eigenvalue weighted by Crippen LogP contribution is -2.13. The maximum atomic E-state index is 6.19. The number of halogens is 1. The van der Waals surface area contributed by atoms with Gasteiger partial charge in [-0.25, -0.2) is 4.98 Å². The van der Waals surface area contributed by atoms with Crippen molar-refractivity contribution in [3.63, 3.8) is 0 Å². The van der Waals surface area contributed by atoms with Gasteiger partial charge in [0.05, 0.1) is 16.1 Å². The second-order valence-corrected chi connectivity index (χ2v) is 4.29. The highest BCUT2D eigenvalue weighted by molar-refractivity contribution is 6.35. The largest absolute Gasteiger partial charge is 0.346 e. The summed E-state index contributed by atoms with van der Waals surface area (Å²) in [5.74, 6) is 0.738. The summed E-state index contributed by atoms with van der Waals surface area (Å²) in [6.45, 7) is 5.01. The van der Waals surface area contributed by atoms with E-state index in [9.17, 15) is 0 Å². The van der Waals surface area contributed by atoms with Crippen molar-refractivity contribution in [2.75, 3.05) is 13.2 Å². The van der Waals surface area contributed by atoms with Gasteiger partial charge in [0.2, 0.25) is 6.29 Å². The highest BCUT2D eigenvalue weighted by Gasteiger charge is 2.20. The number of aryl methyl sites for hydroxylation is 1. The van der Waals surface area contributed by atoms with Crippen LogP contribution in [0.15, 0.2) is 18.2 Å². The fraction of sp³-hybridized carbons (Fsp3) is 0.462. The standard InChI is InChI=1S/C13H17ClN2O2/c1-4-17-13(18-5-2)12-15-10-8-6-7-9(14)11(10)16(12)3/h6-8,13H,4-5H2,1-3H3. The quantitative estimate of drug-likeness (QED) is 0.781. The lowest BCUT2D eigenvalue weighted by atomic mass is 10.3. The first kappa shape index (κ1) is 13.3. The van der Waals surface area contributed by atoms with Gasteiger partial charge in [-0.15, -0.1) is 0 Å². The van der Waals surface area contributed by atoms with Gasteiger partial charge in [0, 0.05) is 20.3 Å². The van der Waals surface area contributed by atoms with Gasteiger partial charge in [-0.2, -0.15) is 0 Å². The Balaban J connectivity index is 2.49. The van der Waals surface area contributed by atoms with Crippen molar-refractivity contribution >= 4 is 22.6 Å². The Kier molecular flexibility index (Phi) is 4.22. The monoisotopic (exact) mass is 268 g/mol. The van der Waals surface area contributed by atoms with Crippen LogP contribution in [0.2, 0.25) is 5.02 Å². The first-order valence-electron chi connectivity index (χ1n) is 6.03. The molecule has 2 rings (SSSR count). The van der Waals surface area contributed by atoms with E-state index in [-0.39, 0.29) is 0 Å². The van der Waals surface area contributed by atoms with Crippen molar-refractivity contribution in [2.24, 2.45) is 7.05 Å². The average Bonchev–Trinajstić information content (AvgIpc) is 2.68. The summed E-state index contributed by atoms with van der Waals surface area (Å²) in [5, 5.41) is 0.681. The van der Waals surface area contributed by atoms with E-state index < -0.39 is 6.29 Å². The third kappa shape index (κ3) is 2.36. The van der Waals surface area contributed by atoms with E-state index in [0.29, 0.717) is 18.2 Å². The Bertz CT molecular complexity index is 533. The van der Waals surface area contributed by atoms with E-state index in [1.54, 1.807) is 0 Å². The van der Waals surface area contributed by atoms with E-state index in [4.69, 9.17) is 21.1 Å². The third-order valence-corrected chi connectivity index (χ3v) is 3.03. The number of imidazole rings is 1. The van der Waals surface area contributed by atoms with Crippen LogP contribution in [0, 0.1) is 0 Å². The van der Waals surface area contributed by atoms with E-state index in [2.05, 4.69) is 4.98 Å². The molecular weight excluding hydrogens is 252 g/mol. The number of fused-ring (bicyclic) bond motifs is 1. The first-order chi connectivity index (χ1) is 8.69. The minimum atomic E-state index is -0.450. The smallest absolute Gasteiger partial charge is 0.217 e. The molecule has 0 aliphatic rings. The van der Waals surface area contributed by atoms with Gasteiger partial charge in [-0.05, 0) is 26.0 Å². The number of aromatic nitrogens is 2. The molecule has 1 heterocycles. The molecule has 0 N–H and O–H groups in total. The van der Waals surface area contributed by atoms with Crippen LogP contribution in [-0.2, 0) is 16.5 Å². The highest BCUT2D eigenvalue weighted by atomic mass is 35.5. The number of rotatable bonds is 5. The number of benzene rings is 1. The van der Waals surface area contributed by atoms with Crippen LogP contribution in [-0.4, -0.2) is 22.8 Å². The Morgan fingerprint density at radius 1 is 1.28 bits per heavy atom. The minimum absolute atomic E-state index is 0.450. The van der Waals surface area contributed by atoms with Crippen LogP contribution in [0.3, 0.4) is 0 Å². The van der Waals surface area contributed by atoms with Crippen LogP contribution in [0.5, 0.6) is 0 Å². The van der Waals surface area contributed by atoms with Gasteiger partial charge < -0.3 is 14.0 Å². The van der Waals surface area contributed by atoms with Crippen LogP contribution in [0.25, 0.3) is 11.0 Å². The number of para-hydroxylation sites is 1. The molecule has 0 fully saturated rings. The molecule has 5 heteroatoms. The zero-order valence-corrected chi connectivity index (χ0v) is 11.6. The van der Waals surface area contributed by atoms with Crippen molar-refractivity contribution in [1.29, 1.82) is 0 Å². The zero-order chi connectivity index (χ0) is 13.1. The maximum absolute atomic E-state index is 6.19. The predicted octanol–water partition coefficient (Wildman–Crippen LogP) is 3.30. The van der Waals surface area contributed by atoms with Gasteiger partial charge in [0.1, 0.15) is 0 Å². The van der Waals surface area contributed by atoms with Crippen LogP contribution in [0.1, 0.15) is 26.0 Å². The van der Waals surface area contributed by atoms with E-state index in [1.807, 2.05) is 43.7 Å². The molecule has 98 valence electrons. The maximum Gasteiger partial charge on any atom is 0.217 e. The molecule has 1 aromatic heterocycles. The van der Waals surface area contributed by atoms with Crippen molar-refractivity contribution < 1.29 is 9.47 Å². The summed E-state index contributed by atoms with van der Waals surface area (Å²) in [6, 6.07) is 5.67. The molecule has 0 aliphatic heterocycles. The summed E-state index contributed by atoms with van der Waals surface area (Å²) in [7, 11) is 1.92. The Hall–Kier alpha value is -1.10. The Morgan fingerprint density at radius 3 is 2.50 bits per heavy atom. The van der Waals surface area contributed by atoms with Crippen LogP contribution >= 0.6 is 11.6 Å². The molecule has 0 saturated heterocycles. The van der Waals surface area contributed by atoms with Crippen molar-refractivity contribution in [1.82, 2.24) is 9.55 Å². The van der Waals surface area contributed by atoms with Crippen molar-refractivity contribution in [3.05, 3.63) is 29.0 Å². The molecule has 2 aromatic rings. The molecule has 0 unspecified atom stereocenters. The van der Waals surface area contributed by atoms with Crippen molar-refractivity contribution in [2.45, 2.75) is 20.1 Å². The summed E-state index contributed by atoms with van der Waals surface area (Å²) in [6.07, 6.45) is -0.450. The second-order valence-electron chi connectivity index (χ2n) is 3.88. The molecule has 0 spiro atoms. The lowest BCUT2D eigenvalue weighted by Gasteiger charge is -2.16. The summed E-state index contributed by atoms with van der Waals surface area (Å²) < 4.78 is 13.1. The van der Waals surface area contributed by atoms with Crippen molar-refractivity contribution in [3.8, 4) is 0 Å². The van der Waals surface area contributed by atoms with E-state index in [1.165, 1.54) is 0 Å². The predicted molar refractivity (Wildman–Crippen MR) is 71.7 cm³/mol. The van der Waals surface area contributed by atoms with Gasteiger partial charge in [-0.1, -0.05) is 17.7 Å². The number of hydrogen-bond donors (Lipinski definition) is 0. The molecule has 18 heavy (non-hydrogen) atoms. The van der Waals surface area contributed by atoms with Gasteiger partial charge in [0.15, 0.2) is 5.82 Å². The third-order valence-electron chi connectivity index (χ3n) is 2.73. The molecule has 0 amide bonds. The van der Waals surface area contributed by atoms with Gasteiger partial charge in [-0.3, -0.25) is 0 Å². The number of hydrogen-bond acceptors (Lipinski definition) is 3. The lowest BCUT2D eigenvalue weighted by molar-refractivity contribution is -0.146. The SMILES string of the molecule is CCOC(OCC)c1nc2cccc(Cl)c2n1C. The van der Waals surface area contributed by atoms with Crippen LogP contribution < -0.4 is 0 Å². The molecule has 0 aliphatic carbocycles. The average molecular weight is 269 g/mol. The molecule has 0 bridgehead atoms. The first-order valence-corrected chi connectivity index (χ1v) is 6.40. The molecule has 4 nitrogen and oxygen atoms in total. The van der Waals surface area contributed by atoms with Gasteiger partial charge in [0.25, 0.3) is 0 Å². The molecule has 1 aromatic carbocycles. The second kappa shape index (κ2) is 5.69.